The first-order valence-corrected chi connectivity index (χ1v) is 3.69. The minimum atomic E-state index is -0.402. The van der Waals surface area contributed by atoms with E-state index in [1.54, 1.807) is 0 Å². The van der Waals surface area contributed by atoms with Crippen LogP contribution >= 0.6 is 0 Å². The Morgan fingerprint density at radius 2 is 2.17 bits per heavy atom. The summed E-state index contributed by atoms with van der Waals surface area (Å²) < 4.78 is 0. The minimum absolute atomic E-state index is 0.368. The van der Waals surface area contributed by atoms with Gasteiger partial charge in [0.05, 0.1) is 5.69 Å². The van der Waals surface area contributed by atoms with Gasteiger partial charge in [0, 0.05) is 5.56 Å². The zero-order chi connectivity index (χ0) is 8.55. The predicted molar refractivity (Wildman–Crippen MR) is 45.1 cm³/mol. The summed E-state index contributed by atoms with van der Waals surface area (Å²) in [5.41, 5.74) is 12.7. The van der Waals surface area contributed by atoms with Crippen LogP contribution < -0.4 is 16.6 Å². The molecule has 1 aromatic carbocycles. The molecule has 4 nitrogen and oxygen atoms in total. The van der Waals surface area contributed by atoms with Crippen LogP contribution in [0.2, 0.25) is 0 Å². The van der Waals surface area contributed by atoms with Crippen molar-refractivity contribution in [2.45, 2.75) is 6.04 Å². The predicted octanol–water partition coefficient (Wildman–Crippen LogP) is 0.143. The third kappa shape index (κ3) is 0.931. The summed E-state index contributed by atoms with van der Waals surface area (Å²) in [6.07, 6.45) is 0. The van der Waals surface area contributed by atoms with Gasteiger partial charge in [-0.05, 0) is 6.07 Å². The maximum atomic E-state index is 10.9. The molecule has 1 aliphatic rings. The molecule has 0 radical (unpaired) electrons. The first-order valence-electron chi connectivity index (χ1n) is 3.69. The molecule has 4 heteroatoms. The third-order valence-electron chi connectivity index (χ3n) is 1.91. The van der Waals surface area contributed by atoms with E-state index in [9.17, 15) is 4.79 Å². The summed E-state index contributed by atoms with van der Waals surface area (Å²) in [5, 5.41) is 0. The molecule has 0 aliphatic carbocycles. The quantitative estimate of drug-likeness (QED) is 0.551. The van der Waals surface area contributed by atoms with Crippen LogP contribution in [0.15, 0.2) is 24.3 Å². The van der Waals surface area contributed by atoms with Gasteiger partial charge in [-0.2, -0.15) is 0 Å². The van der Waals surface area contributed by atoms with Crippen molar-refractivity contribution in [3.63, 3.8) is 0 Å². The van der Waals surface area contributed by atoms with Crippen LogP contribution in [0.3, 0.4) is 0 Å². The van der Waals surface area contributed by atoms with Crippen molar-refractivity contribution in [1.82, 2.24) is 5.43 Å². The average molecular weight is 163 g/mol. The Kier molecular flexibility index (Phi) is 1.48. The Morgan fingerprint density at radius 1 is 1.42 bits per heavy atom. The van der Waals surface area contributed by atoms with Crippen LogP contribution in [-0.4, -0.2) is 5.91 Å². The van der Waals surface area contributed by atoms with Gasteiger partial charge < -0.3 is 11.2 Å². The molecule has 12 heavy (non-hydrogen) atoms. The van der Waals surface area contributed by atoms with E-state index in [1.807, 2.05) is 24.3 Å². The van der Waals surface area contributed by atoms with Gasteiger partial charge in [0.25, 0.3) is 0 Å². The van der Waals surface area contributed by atoms with E-state index in [4.69, 9.17) is 5.73 Å². The smallest absolute Gasteiger partial charge is 0.241 e. The lowest BCUT2D eigenvalue weighted by molar-refractivity contribution is -0.119. The van der Waals surface area contributed by atoms with E-state index >= 15 is 0 Å². The highest BCUT2D eigenvalue weighted by Crippen LogP contribution is 2.26. The first-order chi connectivity index (χ1) is 5.79. The van der Waals surface area contributed by atoms with Crippen LogP contribution in [-0.2, 0) is 4.79 Å². The molecule has 1 heterocycles. The van der Waals surface area contributed by atoms with Crippen molar-refractivity contribution in [2.75, 3.05) is 5.43 Å². The van der Waals surface area contributed by atoms with Gasteiger partial charge in [0.2, 0.25) is 5.91 Å². The van der Waals surface area contributed by atoms with Crippen molar-refractivity contribution in [2.24, 2.45) is 5.73 Å². The Labute approximate surface area is 69.7 Å². The summed E-state index contributed by atoms with van der Waals surface area (Å²) in [4.78, 5) is 10.9. The monoisotopic (exact) mass is 163 g/mol. The topological polar surface area (TPSA) is 67.2 Å². The van der Waals surface area contributed by atoms with Crippen molar-refractivity contribution < 1.29 is 4.79 Å². The standard InChI is InChI=1S/C8H9N3O/c9-8(12)7-5-3-1-2-4-6(5)10-11-7/h1-4,7,10-11H,(H2,9,12). The second-order valence-electron chi connectivity index (χ2n) is 2.69. The van der Waals surface area contributed by atoms with Crippen molar-refractivity contribution in [3.8, 4) is 0 Å². The summed E-state index contributed by atoms with van der Waals surface area (Å²) in [7, 11) is 0. The summed E-state index contributed by atoms with van der Waals surface area (Å²) >= 11 is 0. The molecule has 1 amide bonds. The number of hydrazine groups is 1. The number of para-hydroxylation sites is 1. The van der Waals surface area contributed by atoms with Gasteiger partial charge in [-0.25, -0.2) is 5.43 Å². The van der Waals surface area contributed by atoms with Crippen LogP contribution in [0.5, 0.6) is 0 Å². The molecule has 2 rings (SSSR count). The molecular weight excluding hydrogens is 154 g/mol. The number of anilines is 1. The molecule has 4 N–H and O–H groups in total. The summed E-state index contributed by atoms with van der Waals surface area (Å²) in [6.45, 7) is 0. The molecule has 0 spiro atoms. The largest absolute Gasteiger partial charge is 0.368 e. The van der Waals surface area contributed by atoms with Crippen LogP contribution in [0.4, 0.5) is 5.69 Å². The fraction of sp³-hybridized carbons (Fsp3) is 0.125. The highest BCUT2D eigenvalue weighted by atomic mass is 16.1. The van der Waals surface area contributed by atoms with Crippen LogP contribution in [0.25, 0.3) is 0 Å². The van der Waals surface area contributed by atoms with E-state index < -0.39 is 6.04 Å². The lowest BCUT2D eigenvalue weighted by Crippen LogP contribution is -2.31. The average Bonchev–Trinajstić information content (AvgIpc) is 2.47. The van der Waals surface area contributed by atoms with Gasteiger partial charge >= 0.3 is 0 Å². The zero-order valence-electron chi connectivity index (χ0n) is 6.37. The lowest BCUT2D eigenvalue weighted by atomic mass is 10.1. The Morgan fingerprint density at radius 3 is 2.92 bits per heavy atom. The van der Waals surface area contributed by atoms with Gasteiger partial charge in [-0.15, -0.1) is 0 Å². The molecule has 1 aromatic rings. The Bertz CT molecular complexity index is 324. The maximum Gasteiger partial charge on any atom is 0.241 e. The third-order valence-corrected chi connectivity index (χ3v) is 1.91. The normalized spacial score (nSPS) is 19.8. The highest BCUT2D eigenvalue weighted by molar-refractivity contribution is 5.85. The number of hydrogen-bond acceptors (Lipinski definition) is 3. The molecule has 1 unspecified atom stereocenters. The molecule has 62 valence electrons. The highest BCUT2D eigenvalue weighted by Gasteiger charge is 2.25. The fourth-order valence-electron chi connectivity index (χ4n) is 1.31. The number of rotatable bonds is 1. The SMILES string of the molecule is NC(=O)C1NNc2ccccc21. The fourth-order valence-corrected chi connectivity index (χ4v) is 1.31. The molecule has 0 saturated carbocycles. The molecule has 0 bridgehead atoms. The van der Waals surface area contributed by atoms with Gasteiger partial charge in [0.15, 0.2) is 0 Å². The van der Waals surface area contributed by atoms with E-state index in [0.717, 1.165) is 11.3 Å². The molecular formula is C8H9N3O. The number of nitrogens with one attached hydrogen (secondary N) is 2. The molecule has 0 saturated heterocycles. The summed E-state index contributed by atoms with van der Waals surface area (Å²) in [5.74, 6) is -0.368. The second kappa shape index (κ2) is 2.49. The molecule has 0 fully saturated rings. The van der Waals surface area contributed by atoms with Crippen molar-refractivity contribution in [3.05, 3.63) is 29.8 Å². The summed E-state index contributed by atoms with van der Waals surface area (Å²) in [6, 6.07) is 7.14. The number of carbonyl (C=O) groups is 1. The van der Waals surface area contributed by atoms with Crippen molar-refractivity contribution in [1.29, 1.82) is 0 Å². The lowest BCUT2D eigenvalue weighted by Gasteiger charge is -2.03. The molecule has 0 aromatic heterocycles. The van der Waals surface area contributed by atoms with E-state index in [0.29, 0.717) is 0 Å². The number of benzene rings is 1. The number of primary amides is 1. The zero-order valence-corrected chi connectivity index (χ0v) is 6.37. The second-order valence-corrected chi connectivity index (χ2v) is 2.69. The Hall–Kier alpha value is -1.55. The maximum absolute atomic E-state index is 10.9. The minimum Gasteiger partial charge on any atom is -0.368 e. The number of carbonyl (C=O) groups excluding carboxylic acids is 1. The van der Waals surface area contributed by atoms with E-state index in [1.165, 1.54) is 0 Å². The van der Waals surface area contributed by atoms with Crippen LogP contribution in [0, 0.1) is 0 Å². The molecule has 1 aliphatic heterocycles. The molecule has 1 atom stereocenters. The number of fused-ring (bicyclic) bond motifs is 1. The van der Waals surface area contributed by atoms with E-state index in [2.05, 4.69) is 10.9 Å². The van der Waals surface area contributed by atoms with Crippen molar-refractivity contribution >= 4 is 11.6 Å². The van der Waals surface area contributed by atoms with E-state index in [-0.39, 0.29) is 5.91 Å². The van der Waals surface area contributed by atoms with Gasteiger partial charge in [-0.3, -0.25) is 4.79 Å². The van der Waals surface area contributed by atoms with Gasteiger partial charge in [-0.1, -0.05) is 18.2 Å². The first kappa shape index (κ1) is 7.12. The number of hydrogen-bond donors (Lipinski definition) is 3. The van der Waals surface area contributed by atoms with Gasteiger partial charge in [0.1, 0.15) is 6.04 Å². The van der Waals surface area contributed by atoms with Crippen LogP contribution in [0.1, 0.15) is 11.6 Å². The Balaban J connectivity index is 2.42. The number of amides is 1. The number of nitrogens with two attached hydrogens (primary N) is 1.